The van der Waals surface area contributed by atoms with Crippen LogP contribution < -0.4 is 10.2 Å². The first-order chi connectivity index (χ1) is 12.1. The summed E-state index contributed by atoms with van der Waals surface area (Å²) in [6.45, 7) is 0.400. The van der Waals surface area contributed by atoms with Gasteiger partial charge in [-0.1, -0.05) is 36.4 Å². The van der Waals surface area contributed by atoms with Crippen LogP contribution in [0.1, 0.15) is 17.5 Å². The lowest BCUT2D eigenvalue weighted by atomic mass is 10.1. The van der Waals surface area contributed by atoms with Gasteiger partial charge in [-0.15, -0.1) is 0 Å². The summed E-state index contributed by atoms with van der Waals surface area (Å²) in [6, 6.07) is 13.9. The first-order valence-corrected chi connectivity index (χ1v) is 8.12. The SMILES string of the molecule is CNC(=O)C1CC(=O)N(c2ccc(C=Cc3cccc(F)c3)cc2)C1. The second-order valence-corrected chi connectivity index (χ2v) is 6.00. The molecule has 1 atom stereocenters. The molecule has 0 spiro atoms. The Bertz CT molecular complexity index is 815. The van der Waals surface area contributed by atoms with E-state index in [2.05, 4.69) is 5.32 Å². The van der Waals surface area contributed by atoms with Crippen molar-refractivity contribution in [2.75, 3.05) is 18.5 Å². The van der Waals surface area contributed by atoms with Gasteiger partial charge >= 0.3 is 0 Å². The molecule has 1 aliphatic heterocycles. The van der Waals surface area contributed by atoms with Crippen LogP contribution in [-0.2, 0) is 9.59 Å². The highest BCUT2D eigenvalue weighted by atomic mass is 19.1. The Morgan fingerprint density at radius 2 is 1.88 bits per heavy atom. The van der Waals surface area contributed by atoms with E-state index < -0.39 is 0 Å². The standard InChI is InChI=1S/C20H19FN2O2/c1-22-20(25)16-12-19(24)23(13-16)18-9-7-14(8-10-18)5-6-15-3-2-4-17(21)11-15/h2-11,16H,12-13H2,1H3,(H,22,25). The summed E-state index contributed by atoms with van der Waals surface area (Å²) >= 11 is 0. The molecule has 2 aromatic carbocycles. The van der Waals surface area contributed by atoms with E-state index in [9.17, 15) is 14.0 Å². The van der Waals surface area contributed by atoms with E-state index in [0.717, 1.165) is 16.8 Å². The Balaban J connectivity index is 1.70. The molecule has 0 saturated carbocycles. The van der Waals surface area contributed by atoms with Crippen LogP contribution in [0.4, 0.5) is 10.1 Å². The molecule has 4 nitrogen and oxygen atoms in total. The van der Waals surface area contributed by atoms with Gasteiger partial charge < -0.3 is 10.2 Å². The normalized spacial score (nSPS) is 17.3. The largest absolute Gasteiger partial charge is 0.359 e. The van der Waals surface area contributed by atoms with Gasteiger partial charge in [0.25, 0.3) is 0 Å². The molecule has 25 heavy (non-hydrogen) atoms. The lowest BCUT2D eigenvalue weighted by Gasteiger charge is -2.16. The zero-order valence-electron chi connectivity index (χ0n) is 13.9. The zero-order chi connectivity index (χ0) is 17.8. The molecule has 1 heterocycles. The molecule has 1 fully saturated rings. The second-order valence-electron chi connectivity index (χ2n) is 6.00. The van der Waals surface area contributed by atoms with E-state index in [0.29, 0.717) is 6.54 Å². The van der Waals surface area contributed by atoms with Crippen LogP contribution in [0, 0.1) is 11.7 Å². The number of carbonyl (C=O) groups is 2. The van der Waals surface area contributed by atoms with E-state index in [1.54, 1.807) is 18.0 Å². The van der Waals surface area contributed by atoms with Crippen LogP contribution in [0.5, 0.6) is 0 Å². The lowest BCUT2D eigenvalue weighted by Crippen LogP contribution is -2.30. The van der Waals surface area contributed by atoms with Gasteiger partial charge in [0.15, 0.2) is 0 Å². The summed E-state index contributed by atoms with van der Waals surface area (Å²) < 4.78 is 13.2. The van der Waals surface area contributed by atoms with Crippen molar-refractivity contribution >= 4 is 29.7 Å². The van der Waals surface area contributed by atoms with Gasteiger partial charge in [-0.05, 0) is 35.4 Å². The van der Waals surface area contributed by atoms with Crippen molar-refractivity contribution in [3.8, 4) is 0 Å². The number of carbonyl (C=O) groups excluding carboxylic acids is 2. The molecular weight excluding hydrogens is 319 g/mol. The number of amides is 2. The summed E-state index contributed by atoms with van der Waals surface area (Å²) in [6.07, 6.45) is 3.96. The van der Waals surface area contributed by atoms with Crippen LogP contribution >= 0.6 is 0 Å². The lowest BCUT2D eigenvalue weighted by molar-refractivity contribution is -0.125. The topological polar surface area (TPSA) is 49.4 Å². The molecule has 0 aromatic heterocycles. The minimum atomic E-state index is -0.301. The Kier molecular flexibility index (Phi) is 4.93. The number of benzene rings is 2. The maximum atomic E-state index is 13.2. The van der Waals surface area contributed by atoms with E-state index in [4.69, 9.17) is 0 Å². The van der Waals surface area contributed by atoms with Gasteiger partial charge in [-0.3, -0.25) is 9.59 Å². The molecule has 128 valence electrons. The van der Waals surface area contributed by atoms with Gasteiger partial charge in [0.05, 0.1) is 5.92 Å². The maximum Gasteiger partial charge on any atom is 0.227 e. The van der Waals surface area contributed by atoms with E-state index in [1.807, 2.05) is 42.5 Å². The van der Waals surface area contributed by atoms with Crippen LogP contribution in [0.15, 0.2) is 48.5 Å². The third-order valence-electron chi connectivity index (χ3n) is 4.26. The molecule has 3 rings (SSSR count). The molecule has 2 aromatic rings. The van der Waals surface area contributed by atoms with Gasteiger partial charge in [-0.2, -0.15) is 0 Å². The van der Waals surface area contributed by atoms with Crippen molar-refractivity contribution < 1.29 is 14.0 Å². The van der Waals surface area contributed by atoms with Gasteiger partial charge in [0.2, 0.25) is 11.8 Å². The van der Waals surface area contributed by atoms with Crippen LogP contribution in [0.2, 0.25) is 0 Å². The number of hydrogen-bond acceptors (Lipinski definition) is 2. The molecule has 0 radical (unpaired) electrons. The third-order valence-corrected chi connectivity index (χ3v) is 4.26. The van der Waals surface area contributed by atoms with Crippen LogP contribution in [0.3, 0.4) is 0 Å². The minimum Gasteiger partial charge on any atom is -0.359 e. The van der Waals surface area contributed by atoms with E-state index >= 15 is 0 Å². The molecular formula is C20H19FN2O2. The van der Waals surface area contributed by atoms with E-state index in [1.165, 1.54) is 12.1 Å². The fraction of sp³-hybridized carbons (Fsp3) is 0.200. The predicted molar refractivity (Wildman–Crippen MR) is 96.3 cm³/mol. The third kappa shape index (κ3) is 3.94. The van der Waals surface area contributed by atoms with Crippen LogP contribution in [0.25, 0.3) is 12.2 Å². The average molecular weight is 338 g/mol. The molecule has 1 aliphatic rings. The number of rotatable bonds is 4. The fourth-order valence-corrected chi connectivity index (χ4v) is 2.90. The molecule has 1 N–H and O–H groups in total. The predicted octanol–water partition coefficient (Wildman–Crippen LogP) is 3.10. The van der Waals surface area contributed by atoms with Gasteiger partial charge in [0, 0.05) is 25.7 Å². The molecule has 1 saturated heterocycles. The average Bonchev–Trinajstić information content (AvgIpc) is 3.01. The molecule has 2 amide bonds. The minimum absolute atomic E-state index is 0.0448. The van der Waals surface area contributed by atoms with Crippen LogP contribution in [-0.4, -0.2) is 25.4 Å². The number of anilines is 1. The number of nitrogens with one attached hydrogen (secondary N) is 1. The number of hydrogen-bond donors (Lipinski definition) is 1. The zero-order valence-corrected chi connectivity index (χ0v) is 13.9. The molecule has 0 aliphatic carbocycles. The number of nitrogens with zero attached hydrogens (tertiary/aromatic N) is 1. The van der Waals surface area contributed by atoms with Crippen molar-refractivity contribution in [3.63, 3.8) is 0 Å². The fourth-order valence-electron chi connectivity index (χ4n) is 2.90. The highest BCUT2D eigenvalue weighted by molar-refractivity contribution is 6.00. The van der Waals surface area contributed by atoms with Gasteiger partial charge in [-0.25, -0.2) is 4.39 Å². The highest BCUT2D eigenvalue weighted by Gasteiger charge is 2.34. The molecule has 1 unspecified atom stereocenters. The maximum absolute atomic E-state index is 13.2. The monoisotopic (exact) mass is 338 g/mol. The Labute approximate surface area is 146 Å². The van der Waals surface area contributed by atoms with Crippen molar-refractivity contribution in [2.24, 2.45) is 5.92 Å². The molecule has 0 bridgehead atoms. The smallest absolute Gasteiger partial charge is 0.227 e. The van der Waals surface area contributed by atoms with Gasteiger partial charge in [0.1, 0.15) is 5.82 Å². The first kappa shape index (κ1) is 16.9. The quantitative estimate of drug-likeness (QED) is 0.871. The second kappa shape index (κ2) is 7.30. The Morgan fingerprint density at radius 1 is 1.16 bits per heavy atom. The summed E-state index contributed by atoms with van der Waals surface area (Å²) in [5, 5.41) is 2.59. The first-order valence-electron chi connectivity index (χ1n) is 8.12. The van der Waals surface area contributed by atoms with Crippen molar-refractivity contribution in [1.82, 2.24) is 5.32 Å². The highest BCUT2D eigenvalue weighted by Crippen LogP contribution is 2.25. The summed E-state index contributed by atoms with van der Waals surface area (Å²) in [5.74, 6) is -0.720. The summed E-state index contributed by atoms with van der Waals surface area (Å²) in [5.41, 5.74) is 2.51. The Morgan fingerprint density at radius 3 is 2.56 bits per heavy atom. The molecule has 5 heteroatoms. The summed E-state index contributed by atoms with van der Waals surface area (Å²) in [7, 11) is 1.58. The number of halogens is 1. The van der Waals surface area contributed by atoms with E-state index in [-0.39, 0.29) is 30.0 Å². The van der Waals surface area contributed by atoms with Crippen molar-refractivity contribution in [1.29, 1.82) is 0 Å². The van der Waals surface area contributed by atoms with Crippen molar-refractivity contribution in [3.05, 3.63) is 65.5 Å². The summed E-state index contributed by atoms with van der Waals surface area (Å²) in [4.78, 5) is 25.5. The Hall–Kier alpha value is -2.95. The van der Waals surface area contributed by atoms with Crippen molar-refractivity contribution in [2.45, 2.75) is 6.42 Å².